The Morgan fingerprint density at radius 3 is 2.83 bits per heavy atom. The van der Waals surface area contributed by atoms with Crippen LogP contribution in [0.2, 0.25) is 5.02 Å². The second-order valence-electron chi connectivity index (χ2n) is 8.73. The summed E-state index contributed by atoms with van der Waals surface area (Å²) in [4.78, 5) is 22.9. The van der Waals surface area contributed by atoms with E-state index in [1.165, 1.54) is 6.92 Å². The first-order valence-corrected chi connectivity index (χ1v) is 12.5. The fourth-order valence-corrected chi connectivity index (χ4v) is 3.67. The van der Waals surface area contributed by atoms with Gasteiger partial charge in [0, 0.05) is 47.5 Å². The molecule has 2 aromatic heterocycles. The van der Waals surface area contributed by atoms with E-state index in [1.54, 1.807) is 25.1 Å². The predicted molar refractivity (Wildman–Crippen MR) is 162 cm³/mol. The number of ether oxygens (including phenoxy) is 2. The van der Waals surface area contributed by atoms with Crippen LogP contribution in [0, 0.1) is 18.3 Å². The number of rotatable bonds is 12. The number of nitriles is 1. The van der Waals surface area contributed by atoms with Crippen LogP contribution in [0.4, 0.5) is 11.4 Å². The highest BCUT2D eigenvalue weighted by molar-refractivity contribution is 6.32. The van der Waals surface area contributed by atoms with Crippen LogP contribution >= 0.6 is 11.6 Å². The Bertz CT molecular complexity index is 2210. The molecule has 2 heterocycles. The van der Waals surface area contributed by atoms with Crippen molar-refractivity contribution in [2.45, 2.75) is 26.9 Å². The number of nitrogens with zero attached hydrogens (tertiary/aromatic N) is 4. The molecule has 0 atom stereocenters. The van der Waals surface area contributed by atoms with E-state index >= 15 is 0 Å². The van der Waals surface area contributed by atoms with Crippen molar-refractivity contribution in [2.75, 3.05) is 32.5 Å². The Morgan fingerprint density at radius 1 is 1.24 bits per heavy atom. The van der Waals surface area contributed by atoms with Gasteiger partial charge in [-0.25, -0.2) is 0 Å². The fourth-order valence-electron chi connectivity index (χ4n) is 3.48. The van der Waals surface area contributed by atoms with E-state index in [0.29, 0.717) is 0 Å². The minimum absolute atomic E-state index is 0.0563. The lowest BCUT2D eigenvalue weighted by Crippen LogP contribution is -2.11. The molecule has 0 saturated heterocycles. The monoisotopic (exact) mass is 581 g/mol. The lowest BCUT2D eigenvalue weighted by atomic mass is 10.0. The molecule has 8 nitrogen and oxygen atoms in total. The van der Waals surface area contributed by atoms with Gasteiger partial charge in [0.2, 0.25) is 0 Å². The molecule has 0 spiro atoms. The van der Waals surface area contributed by atoms with Crippen molar-refractivity contribution in [3.63, 3.8) is 0 Å². The second-order valence-corrected chi connectivity index (χ2v) is 9.11. The Hall–Kier alpha value is -4.45. The van der Waals surface area contributed by atoms with Crippen molar-refractivity contribution < 1.29 is 30.7 Å². The smallest absolute Gasteiger partial charge is 0.159 e. The highest BCUT2D eigenvalue weighted by Crippen LogP contribution is 2.36. The zero-order valence-corrected chi connectivity index (χ0v) is 23.3. The molecule has 2 aromatic carbocycles. The third-order valence-corrected chi connectivity index (χ3v) is 5.49. The van der Waals surface area contributed by atoms with Crippen molar-refractivity contribution >= 4 is 39.7 Å². The topological polar surface area (TPSA) is 100 Å². The number of nitrogens with one attached hydrogen (secondary N) is 1. The summed E-state index contributed by atoms with van der Waals surface area (Å²) in [6.45, 7) is -0.301. The minimum atomic E-state index is -2.41. The van der Waals surface area contributed by atoms with Crippen LogP contribution in [-0.4, -0.2) is 47.9 Å². The number of benzene rings is 2. The van der Waals surface area contributed by atoms with Gasteiger partial charge in [-0.2, -0.15) is 5.26 Å². The normalized spacial score (nSPS) is 15.9. The molecule has 0 unspecified atom stereocenters. The maximum atomic E-state index is 13.1. The zero-order valence-electron chi connectivity index (χ0n) is 34.6. The van der Waals surface area contributed by atoms with Crippen molar-refractivity contribution in [2.24, 2.45) is 0 Å². The van der Waals surface area contributed by atoms with Crippen molar-refractivity contribution in [3.8, 4) is 17.6 Å². The van der Waals surface area contributed by atoms with Gasteiger partial charge in [0.15, 0.2) is 5.78 Å². The van der Waals surface area contributed by atoms with Gasteiger partial charge < -0.3 is 19.7 Å². The number of anilines is 2. The number of halogens is 1. The van der Waals surface area contributed by atoms with Crippen LogP contribution in [0.1, 0.15) is 45.9 Å². The first-order chi connectivity index (χ1) is 24.6. The number of carbonyl (C=O) groups excluding carboxylic acids is 1. The summed E-state index contributed by atoms with van der Waals surface area (Å²) in [5.41, 5.74) is -1.99. The molecular weight excluding hydrogens is 538 g/mol. The lowest BCUT2D eigenvalue weighted by Gasteiger charge is -2.16. The lowest BCUT2D eigenvalue weighted by molar-refractivity contribution is -0.114. The molecule has 210 valence electrons. The maximum Gasteiger partial charge on any atom is 0.159 e. The average Bonchev–Trinajstić information content (AvgIpc) is 3.06. The molecule has 0 bridgehead atoms. The van der Waals surface area contributed by atoms with Gasteiger partial charge in [0.1, 0.15) is 24.2 Å². The van der Waals surface area contributed by atoms with Gasteiger partial charge in [-0.3, -0.25) is 14.8 Å². The van der Waals surface area contributed by atoms with Crippen LogP contribution < -0.4 is 14.8 Å². The molecule has 1 N–H and O–H groups in total. The Kier molecular flexibility index (Phi) is 5.83. The third kappa shape index (κ3) is 7.82. The number of allylic oxidation sites excluding steroid dienone is 1. The number of aromatic nitrogens is 2. The second kappa shape index (κ2) is 13.8. The van der Waals surface area contributed by atoms with E-state index in [2.05, 4.69) is 15.3 Å². The van der Waals surface area contributed by atoms with E-state index < -0.39 is 113 Å². The fraction of sp³-hybridized carbons (Fsp3) is 0.250. The third-order valence-electron chi connectivity index (χ3n) is 5.23. The summed E-state index contributed by atoms with van der Waals surface area (Å²) in [5, 5.41) is 12.0. The molecule has 0 aliphatic carbocycles. The first-order valence-electron chi connectivity index (χ1n) is 18.1. The van der Waals surface area contributed by atoms with Gasteiger partial charge in [-0.15, -0.1) is 0 Å². The predicted octanol–water partition coefficient (Wildman–Crippen LogP) is 6.41. The summed E-state index contributed by atoms with van der Waals surface area (Å²) in [5.74, 6) is -1.67. The van der Waals surface area contributed by atoms with Crippen LogP contribution in [0.25, 0.3) is 10.9 Å². The maximum absolute atomic E-state index is 13.1. The summed E-state index contributed by atoms with van der Waals surface area (Å²) >= 11 is 6.47. The summed E-state index contributed by atoms with van der Waals surface area (Å²) < 4.78 is 112. The molecule has 0 fully saturated rings. The number of fused-ring (bicyclic) bond motifs is 1. The molecule has 4 aromatic rings. The van der Waals surface area contributed by atoms with Crippen LogP contribution in [0.5, 0.6) is 11.5 Å². The van der Waals surface area contributed by atoms with E-state index in [9.17, 15) is 10.1 Å². The van der Waals surface area contributed by atoms with E-state index in [-0.39, 0.29) is 41.0 Å². The van der Waals surface area contributed by atoms with Gasteiger partial charge in [-0.05, 0) is 70.3 Å². The minimum Gasteiger partial charge on any atom is -0.494 e. The van der Waals surface area contributed by atoms with Crippen molar-refractivity contribution in [1.29, 1.82) is 5.26 Å². The highest BCUT2D eigenvalue weighted by Gasteiger charge is 2.16. The molecular formula is C32H32ClN5O3. The number of aryl methyl sites for hydroxylation is 1. The van der Waals surface area contributed by atoms with Crippen LogP contribution in [-0.2, 0) is 17.8 Å². The van der Waals surface area contributed by atoms with Gasteiger partial charge in [0.25, 0.3) is 0 Å². The molecule has 0 aliphatic rings. The average molecular weight is 582 g/mol. The summed E-state index contributed by atoms with van der Waals surface area (Å²) in [7, 11) is 3.38. The standard InChI is InChI=1S/C32H32ClN5O3/c1-5-40-31-17-29-27(15-22(31)14-26(39)10-7-13-38(3)4)32(23(18-34)19-35-29)37-24-11-12-30(28(33)16-24)41-20-25-9-6-8-21(2)36-25/h6-12,15-17,19H,5,13-14,20H2,1-4H3,(H,35,37)/b10-7+/i5D2,6D,7D,8D,9D,11D,12D,15D,16D,17D,19D. The number of carbonyl (C=O) groups is 1. The molecule has 9 heteroatoms. The molecule has 0 radical (unpaired) electrons. The first kappa shape index (κ1) is 17.4. The quantitative estimate of drug-likeness (QED) is 0.191. The summed E-state index contributed by atoms with van der Waals surface area (Å²) in [6, 6.07) is -2.49. The zero-order chi connectivity index (χ0) is 39.9. The molecule has 0 amide bonds. The van der Waals surface area contributed by atoms with E-state index in [1.807, 2.05) is 0 Å². The van der Waals surface area contributed by atoms with Crippen molar-refractivity contribution in [1.82, 2.24) is 14.9 Å². The number of hydrogen-bond donors (Lipinski definition) is 1. The van der Waals surface area contributed by atoms with Gasteiger partial charge in [-0.1, -0.05) is 23.7 Å². The van der Waals surface area contributed by atoms with E-state index in [0.717, 1.165) is 13.0 Å². The van der Waals surface area contributed by atoms with Gasteiger partial charge in [0.05, 0.1) is 50.5 Å². The van der Waals surface area contributed by atoms with E-state index in [4.69, 9.17) is 37.5 Å². The number of hydrogen-bond acceptors (Lipinski definition) is 8. The molecule has 41 heavy (non-hydrogen) atoms. The summed E-state index contributed by atoms with van der Waals surface area (Å²) in [6.07, 6.45) is -0.331. The van der Waals surface area contributed by atoms with Crippen molar-refractivity contribution in [3.05, 3.63) is 94.2 Å². The highest BCUT2D eigenvalue weighted by atomic mass is 35.5. The molecule has 0 aliphatic heterocycles. The Labute approximate surface area is 262 Å². The van der Waals surface area contributed by atoms with Crippen LogP contribution in [0.15, 0.2) is 66.6 Å². The number of likely N-dealkylation sites (N-methyl/N-ethyl adjacent to an activating group) is 1. The molecule has 0 saturated carbocycles. The van der Waals surface area contributed by atoms with Gasteiger partial charge >= 0.3 is 0 Å². The van der Waals surface area contributed by atoms with Crippen LogP contribution in [0.3, 0.4) is 0 Å². The Balaban J connectivity index is 1.93. The number of pyridine rings is 2. The Morgan fingerprint density at radius 2 is 2.07 bits per heavy atom. The largest absolute Gasteiger partial charge is 0.494 e. The number of ketones is 1. The SMILES string of the molecule is [2H]/C(=C\C(=O)Cc1c(OC([2H])([2H])C)c([2H])c2nc([2H])c(C#N)c(Nc3c([2H])c([2H])c(OCc4nc(C)c([2H])c([2H])c4[2H])c(Cl)c3[2H])c2c1[2H])CN(C)C. The molecule has 4 rings (SSSR count).